The number of nitro groups is 1. The maximum Gasteiger partial charge on any atom is 0.295 e. The minimum Gasteiger partial charge on any atom is -0.364 e. The summed E-state index contributed by atoms with van der Waals surface area (Å²) in [6, 6.07) is 4.01. The van der Waals surface area contributed by atoms with Gasteiger partial charge in [0.2, 0.25) is 0 Å². The molecule has 0 radical (unpaired) electrons. The third-order valence-electron chi connectivity index (χ3n) is 3.26. The van der Waals surface area contributed by atoms with E-state index in [4.69, 9.17) is 0 Å². The van der Waals surface area contributed by atoms with E-state index in [9.17, 15) is 14.5 Å². The SMILES string of the molecule is CC1CCN(c2c(F)cccc2[N+](=O)[O-])CC1. The van der Waals surface area contributed by atoms with Gasteiger partial charge in [-0.3, -0.25) is 10.1 Å². The van der Waals surface area contributed by atoms with Crippen molar-refractivity contribution in [2.24, 2.45) is 5.92 Å². The first kappa shape index (κ1) is 11.8. The lowest BCUT2D eigenvalue weighted by atomic mass is 9.98. The van der Waals surface area contributed by atoms with Gasteiger partial charge in [0, 0.05) is 19.2 Å². The van der Waals surface area contributed by atoms with E-state index >= 15 is 0 Å². The Balaban J connectivity index is 2.33. The Morgan fingerprint density at radius 1 is 1.41 bits per heavy atom. The van der Waals surface area contributed by atoms with Crippen molar-refractivity contribution in [3.8, 4) is 0 Å². The molecule has 0 bridgehead atoms. The minimum absolute atomic E-state index is 0.139. The van der Waals surface area contributed by atoms with Crippen LogP contribution >= 0.6 is 0 Å². The van der Waals surface area contributed by atoms with Crippen molar-refractivity contribution in [3.63, 3.8) is 0 Å². The molecule has 1 aliphatic heterocycles. The second-order valence-corrected chi connectivity index (χ2v) is 4.53. The summed E-state index contributed by atoms with van der Waals surface area (Å²) >= 11 is 0. The summed E-state index contributed by atoms with van der Waals surface area (Å²) in [7, 11) is 0. The van der Waals surface area contributed by atoms with E-state index in [2.05, 4.69) is 6.92 Å². The molecule has 92 valence electrons. The summed E-state index contributed by atoms with van der Waals surface area (Å²) in [6.45, 7) is 3.51. The molecule has 0 aromatic heterocycles. The predicted molar refractivity (Wildman–Crippen MR) is 63.7 cm³/mol. The molecule has 1 heterocycles. The number of hydrogen-bond donors (Lipinski definition) is 0. The fourth-order valence-corrected chi connectivity index (χ4v) is 2.20. The molecule has 1 aromatic carbocycles. The van der Waals surface area contributed by atoms with Crippen LogP contribution in [0.3, 0.4) is 0 Å². The van der Waals surface area contributed by atoms with Crippen LogP contribution in [0, 0.1) is 21.8 Å². The van der Waals surface area contributed by atoms with Crippen LogP contribution in [-0.4, -0.2) is 18.0 Å². The summed E-state index contributed by atoms with van der Waals surface area (Å²) in [5.41, 5.74) is 0.00366. The van der Waals surface area contributed by atoms with E-state index in [1.807, 2.05) is 0 Å². The number of nitrogens with zero attached hydrogens (tertiary/aromatic N) is 2. The van der Waals surface area contributed by atoms with Gasteiger partial charge in [0.15, 0.2) is 11.5 Å². The van der Waals surface area contributed by atoms with Crippen LogP contribution in [0.25, 0.3) is 0 Å². The summed E-state index contributed by atoms with van der Waals surface area (Å²) < 4.78 is 13.7. The second kappa shape index (κ2) is 4.69. The Hall–Kier alpha value is -1.65. The van der Waals surface area contributed by atoms with Crippen molar-refractivity contribution in [1.29, 1.82) is 0 Å². The summed E-state index contributed by atoms with van der Waals surface area (Å²) in [5.74, 6) is 0.103. The maximum atomic E-state index is 13.7. The average molecular weight is 238 g/mol. The molecule has 4 nitrogen and oxygen atoms in total. The van der Waals surface area contributed by atoms with Gasteiger partial charge in [0.25, 0.3) is 5.69 Å². The van der Waals surface area contributed by atoms with Crippen LogP contribution in [0.1, 0.15) is 19.8 Å². The number of benzene rings is 1. The number of halogens is 1. The summed E-state index contributed by atoms with van der Waals surface area (Å²) in [6.07, 6.45) is 1.90. The average Bonchev–Trinajstić information content (AvgIpc) is 2.30. The molecule has 0 N–H and O–H groups in total. The molecule has 17 heavy (non-hydrogen) atoms. The zero-order chi connectivity index (χ0) is 12.4. The molecule has 0 atom stereocenters. The van der Waals surface area contributed by atoms with Gasteiger partial charge < -0.3 is 4.90 Å². The molecule has 1 aliphatic rings. The van der Waals surface area contributed by atoms with Gasteiger partial charge in [0.05, 0.1) is 4.92 Å². The topological polar surface area (TPSA) is 46.4 Å². The van der Waals surface area contributed by atoms with E-state index in [0.29, 0.717) is 19.0 Å². The molecular formula is C12H15FN2O2. The quantitative estimate of drug-likeness (QED) is 0.587. The first-order valence-electron chi connectivity index (χ1n) is 5.77. The monoisotopic (exact) mass is 238 g/mol. The van der Waals surface area contributed by atoms with Crippen molar-refractivity contribution in [2.45, 2.75) is 19.8 Å². The van der Waals surface area contributed by atoms with Gasteiger partial charge in [-0.05, 0) is 24.8 Å². The Kier molecular flexibility index (Phi) is 3.26. The molecule has 2 rings (SSSR count). The first-order chi connectivity index (χ1) is 8.09. The zero-order valence-corrected chi connectivity index (χ0v) is 9.73. The van der Waals surface area contributed by atoms with Crippen LogP contribution in [-0.2, 0) is 0 Å². The van der Waals surface area contributed by atoms with Gasteiger partial charge in [-0.15, -0.1) is 0 Å². The Bertz CT molecular complexity index is 429. The van der Waals surface area contributed by atoms with Crippen molar-refractivity contribution >= 4 is 11.4 Å². The van der Waals surface area contributed by atoms with Crippen LogP contribution in [0.2, 0.25) is 0 Å². The van der Waals surface area contributed by atoms with E-state index in [1.165, 1.54) is 18.2 Å². The molecule has 0 spiro atoms. The van der Waals surface area contributed by atoms with Crippen LogP contribution < -0.4 is 4.90 Å². The standard InChI is InChI=1S/C12H15FN2O2/c1-9-5-7-14(8-6-9)12-10(13)3-2-4-11(12)15(16)17/h2-4,9H,5-8H2,1H3. The minimum atomic E-state index is -0.517. The van der Waals surface area contributed by atoms with Gasteiger partial charge in [-0.2, -0.15) is 0 Å². The number of para-hydroxylation sites is 1. The molecular weight excluding hydrogens is 223 g/mol. The number of nitro benzene ring substituents is 1. The summed E-state index contributed by atoms with van der Waals surface area (Å²) in [4.78, 5) is 12.2. The normalized spacial score (nSPS) is 17.2. The van der Waals surface area contributed by atoms with Crippen LogP contribution in [0.4, 0.5) is 15.8 Å². The summed E-state index contributed by atoms with van der Waals surface area (Å²) in [5, 5.41) is 10.9. The lowest BCUT2D eigenvalue weighted by Gasteiger charge is -2.31. The number of rotatable bonds is 2. The lowest BCUT2D eigenvalue weighted by Crippen LogP contribution is -2.33. The second-order valence-electron chi connectivity index (χ2n) is 4.53. The highest BCUT2D eigenvalue weighted by Gasteiger charge is 2.26. The van der Waals surface area contributed by atoms with E-state index in [0.717, 1.165) is 12.8 Å². The molecule has 0 amide bonds. The molecule has 1 aromatic rings. The molecule has 0 saturated carbocycles. The van der Waals surface area contributed by atoms with Gasteiger partial charge in [-0.1, -0.05) is 13.0 Å². The number of anilines is 1. The van der Waals surface area contributed by atoms with Crippen molar-refractivity contribution < 1.29 is 9.31 Å². The zero-order valence-electron chi connectivity index (χ0n) is 9.73. The van der Waals surface area contributed by atoms with Gasteiger partial charge in [0.1, 0.15) is 0 Å². The highest BCUT2D eigenvalue weighted by molar-refractivity contribution is 5.64. The Morgan fingerprint density at radius 2 is 2.06 bits per heavy atom. The van der Waals surface area contributed by atoms with Crippen molar-refractivity contribution in [1.82, 2.24) is 0 Å². The van der Waals surface area contributed by atoms with E-state index in [1.54, 1.807) is 4.90 Å². The van der Waals surface area contributed by atoms with E-state index < -0.39 is 10.7 Å². The van der Waals surface area contributed by atoms with Gasteiger partial charge in [-0.25, -0.2) is 4.39 Å². The molecule has 1 saturated heterocycles. The fraction of sp³-hybridized carbons (Fsp3) is 0.500. The Morgan fingerprint density at radius 3 is 2.65 bits per heavy atom. The largest absolute Gasteiger partial charge is 0.364 e. The molecule has 0 aliphatic carbocycles. The number of hydrogen-bond acceptors (Lipinski definition) is 3. The predicted octanol–water partition coefficient (Wildman–Crippen LogP) is 2.97. The van der Waals surface area contributed by atoms with Gasteiger partial charge >= 0.3 is 0 Å². The lowest BCUT2D eigenvalue weighted by molar-refractivity contribution is -0.384. The third-order valence-corrected chi connectivity index (χ3v) is 3.26. The van der Waals surface area contributed by atoms with Crippen LogP contribution in [0.5, 0.6) is 0 Å². The molecule has 0 unspecified atom stereocenters. The third kappa shape index (κ3) is 2.38. The fourth-order valence-electron chi connectivity index (χ4n) is 2.20. The van der Waals surface area contributed by atoms with Crippen molar-refractivity contribution in [3.05, 3.63) is 34.1 Å². The highest BCUT2D eigenvalue weighted by atomic mass is 19.1. The highest BCUT2D eigenvalue weighted by Crippen LogP contribution is 2.33. The van der Waals surface area contributed by atoms with Crippen LogP contribution in [0.15, 0.2) is 18.2 Å². The Labute approximate surface area is 99.2 Å². The van der Waals surface area contributed by atoms with E-state index in [-0.39, 0.29) is 11.4 Å². The van der Waals surface area contributed by atoms with Crippen molar-refractivity contribution in [2.75, 3.05) is 18.0 Å². The first-order valence-corrected chi connectivity index (χ1v) is 5.77. The molecule has 1 fully saturated rings. The molecule has 5 heteroatoms. The smallest absolute Gasteiger partial charge is 0.295 e. The number of piperidine rings is 1. The maximum absolute atomic E-state index is 13.7.